The average molecular weight is 214 g/mol. The lowest BCUT2D eigenvalue weighted by Gasteiger charge is -1.95. The quantitative estimate of drug-likeness (QED) is 0.513. The van der Waals surface area contributed by atoms with Gasteiger partial charge in [0.1, 0.15) is 0 Å². The predicted octanol–water partition coefficient (Wildman–Crippen LogP) is 4.41. The highest BCUT2D eigenvalue weighted by Gasteiger charge is 1.86. The number of aliphatic hydroxyl groups is 1. The molecule has 0 rings (SSSR count). The zero-order valence-electron chi connectivity index (χ0n) is 11.3. The second kappa shape index (κ2) is 13.7. The van der Waals surface area contributed by atoms with Gasteiger partial charge >= 0.3 is 0 Å². The summed E-state index contributed by atoms with van der Waals surface area (Å²) in [4.78, 5) is 0. The van der Waals surface area contributed by atoms with Crippen LogP contribution in [0.4, 0.5) is 0 Å². The SMILES string of the molecule is CC(C)/C=C/CCCCCO.CC(C)C. The first-order chi connectivity index (χ1) is 7.00. The van der Waals surface area contributed by atoms with Crippen LogP contribution in [0.2, 0.25) is 0 Å². The third-order valence-corrected chi connectivity index (χ3v) is 1.55. The summed E-state index contributed by atoms with van der Waals surface area (Å²) in [6, 6.07) is 0. The van der Waals surface area contributed by atoms with Crippen molar-refractivity contribution in [2.24, 2.45) is 11.8 Å². The second-order valence-corrected chi connectivity index (χ2v) is 4.98. The van der Waals surface area contributed by atoms with Gasteiger partial charge in [-0.25, -0.2) is 0 Å². The van der Waals surface area contributed by atoms with Gasteiger partial charge < -0.3 is 5.11 Å². The van der Waals surface area contributed by atoms with Crippen molar-refractivity contribution in [2.45, 2.75) is 60.3 Å². The van der Waals surface area contributed by atoms with E-state index in [4.69, 9.17) is 5.11 Å². The van der Waals surface area contributed by atoms with Crippen molar-refractivity contribution in [3.8, 4) is 0 Å². The fourth-order valence-electron chi connectivity index (χ4n) is 0.919. The lowest BCUT2D eigenvalue weighted by Crippen LogP contribution is -1.82. The van der Waals surface area contributed by atoms with Gasteiger partial charge in [-0.1, -0.05) is 53.2 Å². The third-order valence-electron chi connectivity index (χ3n) is 1.55. The summed E-state index contributed by atoms with van der Waals surface area (Å²) in [6.45, 7) is 11.2. The van der Waals surface area contributed by atoms with Gasteiger partial charge in [-0.15, -0.1) is 0 Å². The van der Waals surface area contributed by atoms with Crippen molar-refractivity contribution < 1.29 is 5.11 Å². The summed E-state index contributed by atoms with van der Waals surface area (Å²) in [6.07, 6.45) is 8.96. The van der Waals surface area contributed by atoms with Crippen molar-refractivity contribution in [2.75, 3.05) is 6.61 Å². The lowest BCUT2D eigenvalue weighted by atomic mass is 10.1. The molecule has 0 radical (unpaired) electrons. The molecule has 1 heteroatoms. The van der Waals surface area contributed by atoms with Crippen LogP contribution in [0.3, 0.4) is 0 Å². The minimum atomic E-state index is 0.341. The third kappa shape index (κ3) is 31.6. The minimum Gasteiger partial charge on any atom is -0.396 e. The fraction of sp³-hybridized carbons (Fsp3) is 0.857. The van der Waals surface area contributed by atoms with Gasteiger partial charge in [0.25, 0.3) is 0 Å². The zero-order chi connectivity index (χ0) is 12.1. The molecule has 0 unspecified atom stereocenters. The van der Waals surface area contributed by atoms with Crippen LogP contribution in [0.1, 0.15) is 60.3 Å². The topological polar surface area (TPSA) is 20.2 Å². The van der Waals surface area contributed by atoms with Crippen molar-refractivity contribution in [3.05, 3.63) is 12.2 Å². The molecule has 0 aromatic carbocycles. The summed E-state index contributed by atoms with van der Waals surface area (Å²) in [5, 5.41) is 8.49. The molecule has 0 bridgehead atoms. The molecule has 0 aliphatic rings. The van der Waals surface area contributed by atoms with Crippen LogP contribution in [0.15, 0.2) is 12.2 Å². The molecule has 0 heterocycles. The van der Waals surface area contributed by atoms with E-state index in [-0.39, 0.29) is 0 Å². The standard InChI is InChI=1S/C10H20O.C4H10/c1-10(2)8-6-4-3-5-7-9-11;1-4(2)3/h6,8,10-11H,3-5,7,9H2,1-2H3;4H,1-3H3/b8-6+;. The molecule has 0 amide bonds. The van der Waals surface area contributed by atoms with Crippen LogP contribution < -0.4 is 0 Å². The van der Waals surface area contributed by atoms with Gasteiger partial charge in [0.15, 0.2) is 0 Å². The highest BCUT2D eigenvalue weighted by molar-refractivity contribution is 4.83. The number of rotatable bonds is 6. The fourth-order valence-corrected chi connectivity index (χ4v) is 0.919. The van der Waals surface area contributed by atoms with Crippen molar-refractivity contribution >= 4 is 0 Å². The highest BCUT2D eigenvalue weighted by Crippen LogP contribution is 2.02. The van der Waals surface area contributed by atoms with Crippen LogP contribution in [-0.4, -0.2) is 11.7 Å². The maximum absolute atomic E-state index is 8.49. The molecular formula is C14H30O. The Balaban J connectivity index is 0. The molecule has 0 saturated carbocycles. The average Bonchev–Trinajstić information content (AvgIpc) is 2.09. The van der Waals surface area contributed by atoms with Crippen LogP contribution in [0.25, 0.3) is 0 Å². The van der Waals surface area contributed by atoms with E-state index >= 15 is 0 Å². The van der Waals surface area contributed by atoms with Gasteiger partial charge in [0.05, 0.1) is 0 Å². The molecule has 92 valence electrons. The maximum Gasteiger partial charge on any atom is 0.0431 e. The maximum atomic E-state index is 8.49. The Hall–Kier alpha value is -0.300. The minimum absolute atomic E-state index is 0.341. The first-order valence-electron chi connectivity index (χ1n) is 6.28. The Morgan fingerprint density at radius 1 is 0.933 bits per heavy atom. The normalized spacial score (nSPS) is 10.9. The van der Waals surface area contributed by atoms with Crippen LogP contribution in [0.5, 0.6) is 0 Å². The smallest absolute Gasteiger partial charge is 0.0431 e. The van der Waals surface area contributed by atoms with Crippen LogP contribution in [-0.2, 0) is 0 Å². The molecule has 0 aliphatic heterocycles. The van der Waals surface area contributed by atoms with Crippen LogP contribution in [0, 0.1) is 11.8 Å². The van der Waals surface area contributed by atoms with E-state index < -0.39 is 0 Å². The second-order valence-electron chi connectivity index (χ2n) is 4.98. The predicted molar refractivity (Wildman–Crippen MR) is 70.0 cm³/mol. The first-order valence-corrected chi connectivity index (χ1v) is 6.28. The molecule has 15 heavy (non-hydrogen) atoms. The molecule has 0 aliphatic carbocycles. The zero-order valence-corrected chi connectivity index (χ0v) is 11.3. The van der Waals surface area contributed by atoms with E-state index in [2.05, 4.69) is 46.8 Å². The Kier molecular flexibility index (Phi) is 15.6. The highest BCUT2D eigenvalue weighted by atomic mass is 16.2. The van der Waals surface area contributed by atoms with Gasteiger partial charge in [-0.2, -0.15) is 0 Å². The molecule has 0 aromatic rings. The number of unbranched alkanes of at least 4 members (excludes halogenated alkanes) is 3. The van der Waals surface area contributed by atoms with E-state index in [1.54, 1.807) is 0 Å². The molecule has 1 nitrogen and oxygen atoms in total. The van der Waals surface area contributed by atoms with Crippen molar-refractivity contribution in [3.63, 3.8) is 0 Å². The van der Waals surface area contributed by atoms with Crippen LogP contribution >= 0.6 is 0 Å². The van der Waals surface area contributed by atoms with Gasteiger partial charge in [-0.05, 0) is 31.1 Å². The summed E-state index contributed by atoms with van der Waals surface area (Å²) >= 11 is 0. The Labute approximate surface area is 96.6 Å². The summed E-state index contributed by atoms with van der Waals surface area (Å²) < 4.78 is 0. The number of hydrogen-bond acceptors (Lipinski definition) is 1. The number of aliphatic hydroxyl groups excluding tert-OH is 1. The van der Waals surface area contributed by atoms with E-state index in [9.17, 15) is 0 Å². The van der Waals surface area contributed by atoms with E-state index in [1.807, 2.05) is 0 Å². The first kappa shape index (κ1) is 17.1. The van der Waals surface area contributed by atoms with Gasteiger partial charge in [-0.3, -0.25) is 0 Å². The number of allylic oxidation sites excluding steroid dienone is 2. The van der Waals surface area contributed by atoms with Crippen molar-refractivity contribution in [1.29, 1.82) is 0 Å². The molecular weight excluding hydrogens is 184 g/mol. The largest absolute Gasteiger partial charge is 0.396 e. The Morgan fingerprint density at radius 2 is 1.47 bits per heavy atom. The molecule has 0 aromatic heterocycles. The number of hydrogen-bond donors (Lipinski definition) is 1. The lowest BCUT2D eigenvalue weighted by molar-refractivity contribution is 0.283. The summed E-state index contributed by atoms with van der Waals surface area (Å²) in [5.74, 6) is 1.51. The monoisotopic (exact) mass is 214 g/mol. The molecule has 0 fully saturated rings. The molecule has 0 saturated heterocycles. The van der Waals surface area contributed by atoms with E-state index in [1.165, 1.54) is 6.42 Å². The summed E-state index contributed by atoms with van der Waals surface area (Å²) in [5.41, 5.74) is 0. The molecule has 1 N–H and O–H groups in total. The van der Waals surface area contributed by atoms with E-state index in [0.29, 0.717) is 12.5 Å². The van der Waals surface area contributed by atoms with Crippen molar-refractivity contribution in [1.82, 2.24) is 0 Å². The summed E-state index contributed by atoms with van der Waals surface area (Å²) in [7, 11) is 0. The van der Waals surface area contributed by atoms with Gasteiger partial charge in [0.2, 0.25) is 0 Å². The Morgan fingerprint density at radius 3 is 1.87 bits per heavy atom. The Bertz CT molecular complexity index is 123. The van der Waals surface area contributed by atoms with Gasteiger partial charge in [0, 0.05) is 6.61 Å². The van der Waals surface area contributed by atoms with E-state index in [0.717, 1.165) is 25.2 Å². The molecule has 0 atom stereocenters. The molecule has 0 spiro atoms.